The maximum Gasteiger partial charge on any atom is 0.0545 e. The van der Waals surface area contributed by atoms with Gasteiger partial charge in [0.25, 0.3) is 0 Å². The maximum atomic E-state index is 4.90. The molecule has 0 N–H and O–H groups in total. The van der Waals surface area contributed by atoms with Gasteiger partial charge in [-0.05, 0) is 0 Å². The third-order valence-electron chi connectivity index (χ3n) is 0.250. The fraction of sp³-hybridized carbons (Fsp3) is 0. The van der Waals surface area contributed by atoms with Crippen molar-refractivity contribution in [3.05, 3.63) is 0 Å². The summed E-state index contributed by atoms with van der Waals surface area (Å²) in [5.41, 5.74) is 0. The van der Waals surface area contributed by atoms with E-state index < -0.39 is 0 Å². The Hall–Kier alpha value is 1.78. The lowest BCUT2D eigenvalue weighted by molar-refractivity contribution is 5.16. The molecule has 1 aliphatic heterocycles. The van der Waals surface area contributed by atoms with Gasteiger partial charge in [0.05, 0.1) is 5.10 Å². The molecule has 0 spiro atoms. The van der Waals surface area contributed by atoms with Crippen LogP contribution in [0.3, 0.4) is 0 Å². The Morgan fingerprint density at radius 3 is 2.00 bits per heavy atom. The van der Waals surface area contributed by atoms with Crippen LogP contribution in [-0.2, 0) is 11.8 Å². The Kier molecular flexibility index (Phi) is 2.15. The molecule has 0 atom stereocenters. The third kappa shape index (κ3) is 1.36. The van der Waals surface area contributed by atoms with E-state index in [0.29, 0.717) is 0 Å². The van der Waals surface area contributed by atoms with Crippen LogP contribution in [0.1, 0.15) is 0 Å². The predicted molar refractivity (Wildman–Crippen MR) is 39.2 cm³/mol. The van der Waals surface area contributed by atoms with E-state index in [2.05, 4.69) is 0 Å². The summed E-state index contributed by atoms with van der Waals surface area (Å²) < 4.78 is 0. The van der Waals surface area contributed by atoms with Crippen LogP contribution in [0, 0.1) is 0 Å². The Balaban J connectivity index is 2.32. The topological polar surface area (TPSA) is 0 Å². The predicted octanol–water partition coefficient (Wildman–Crippen LogP) is 2.48. The fourth-order valence-electron chi connectivity index (χ4n) is 0.0757. The van der Waals surface area contributed by atoms with E-state index in [0.717, 1.165) is 6.98 Å². The second-order valence-corrected chi connectivity index (χ2v) is 14.5. The average Bonchev–Trinajstić information content (AvgIpc) is 1.30. The standard InChI is InChI=1S/H2P2S3/c3-2-4-1-5-2/h1-2H. The Bertz CT molecular complexity index is 51.9. The van der Waals surface area contributed by atoms with Gasteiger partial charge >= 0.3 is 0 Å². The minimum Gasteiger partial charge on any atom is -0.0805 e. The first-order valence-electron chi connectivity index (χ1n) is 1.02. The smallest absolute Gasteiger partial charge is 0.0545 e. The molecule has 5 heavy (non-hydrogen) atoms. The van der Waals surface area contributed by atoms with Crippen LogP contribution in [-0.4, -0.2) is 0 Å². The van der Waals surface area contributed by atoms with E-state index in [1.165, 1.54) is 0 Å². The molecular weight excluding hydrogens is 158 g/mol. The lowest BCUT2D eigenvalue weighted by Crippen LogP contribution is -1.35. The monoisotopic (exact) mass is 160 g/mol. The summed E-state index contributed by atoms with van der Waals surface area (Å²) in [6, 6.07) is 0. The fourth-order valence-corrected chi connectivity index (χ4v) is 11.6. The van der Waals surface area contributed by atoms with Crippen LogP contribution < -0.4 is 0 Å². The Morgan fingerprint density at radius 2 is 2.00 bits per heavy atom. The van der Waals surface area contributed by atoms with Crippen molar-refractivity contribution in [2.24, 2.45) is 0 Å². The summed E-state index contributed by atoms with van der Waals surface area (Å²) in [4.78, 5) is 0. The minimum absolute atomic E-state index is 0.264. The highest BCUT2D eigenvalue weighted by Gasteiger charge is 2.05. The van der Waals surface area contributed by atoms with Gasteiger partial charge in [0.2, 0.25) is 0 Å². The molecule has 0 radical (unpaired) electrons. The molecule has 0 aromatic rings. The van der Waals surface area contributed by atoms with Crippen molar-refractivity contribution >= 4 is 45.9 Å². The summed E-state index contributed by atoms with van der Waals surface area (Å²) in [6.07, 6.45) is 0. The molecule has 0 saturated carbocycles. The van der Waals surface area contributed by atoms with Crippen LogP contribution in [0.15, 0.2) is 0 Å². The van der Waals surface area contributed by atoms with Crippen molar-refractivity contribution in [2.75, 3.05) is 0 Å². The van der Waals surface area contributed by atoms with Gasteiger partial charge < -0.3 is 0 Å². The maximum absolute atomic E-state index is 4.90. The summed E-state index contributed by atoms with van der Waals surface area (Å²) in [7, 11) is 0. The van der Waals surface area contributed by atoms with Crippen molar-refractivity contribution in [1.29, 1.82) is 0 Å². The quantitative estimate of drug-likeness (QED) is 0.499. The molecule has 1 aliphatic rings. The first-order valence-corrected chi connectivity index (χ1v) is 9.19. The molecule has 1 heterocycles. The zero-order valence-electron chi connectivity index (χ0n) is 2.22. The van der Waals surface area contributed by atoms with E-state index >= 15 is 0 Å². The van der Waals surface area contributed by atoms with Gasteiger partial charge in [-0.25, -0.2) is 0 Å². The van der Waals surface area contributed by atoms with Crippen LogP contribution in [0.25, 0.3) is 0 Å². The second kappa shape index (κ2) is 2.18. The molecular formula is H2P2S3. The molecule has 30 valence electrons. The highest BCUT2D eigenvalue weighted by Crippen LogP contribution is 2.81. The molecule has 0 aliphatic carbocycles. The van der Waals surface area contributed by atoms with Gasteiger partial charge in [0.15, 0.2) is 0 Å². The first kappa shape index (κ1) is 4.93. The molecule has 0 aromatic carbocycles. The van der Waals surface area contributed by atoms with E-state index in [9.17, 15) is 0 Å². The van der Waals surface area contributed by atoms with E-state index in [1.54, 1.807) is 0 Å². The van der Waals surface area contributed by atoms with Crippen molar-refractivity contribution in [3.63, 3.8) is 0 Å². The van der Waals surface area contributed by atoms with Gasteiger partial charge in [-0.3, -0.25) is 0 Å². The zero-order chi connectivity index (χ0) is 3.70. The molecule has 1 saturated heterocycles. The van der Waals surface area contributed by atoms with Gasteiger partial charge in [0, 0.05) is 6.98 Å². The average molecular weight is 160 g/mol. The largest absolute Gasteiger partial charge is 0.0805 e. The Labute approximate surface area is 46.1 Å². The van der Waals surface area contributed by atoms with Crippen molar-refractivity contribution < 1.29 is 0 Å². The molecule has 0 aromatic heterocycles. The highest BCUT2D eigenvalue weighted by atomic mass is 33.7. The summed E-state index contributed by atoms with van der Waals surface area (Å²) in [5, 5.41) is -0.264. The molecule has 0 unspecified atom stereocenters. The third-order valence-corrected chi connectivity index (χ3v) is 20.2. The molecule has 0 amide bonds. The van der Waals surface area contributed by atoms with Crippen LogP contribution >= 0.6 is 34.1 Å². The number of hydrogen-bond acceptors (Lipinski definition) is 3. The molecule has 0 nitrogen and oxygen atoms in total. The van der Waals surface area contributed by atoms with Crippen LogP contribution in [0.2, 0.25) is 0 Å². The van der Waals surface area contributed by atoms with Crippen molar-refractivity contribution in [3.8, 4) is 0 Å². The summed E-state index contributed by atoms with van der Waals surface area (Å²) in [5.74, 6) is 0. The van der Waals surface area contributed by atoms with Crippen molar-refractivity contribution in [2.45, 2.75) is 0 Å². The van der Waals surface area contributed by atoms with Gasteiger partial charge in [-0.2, -0.15) is 0 Å². The summed E-state index contributed by atoms with van der Waals surface area (Å²) in [6.45, 7) is 1.08. The van der Waals surface area contributed by atoms with Gasteiger partial charge in [-0.15, -0.1) is 0 Å². The molecule has 1 rings (SSSR count). The van der Waals surface area contributed by atoms with Gasteiger partial charge in [-0.1, -0.05) is 33.8 Å². The van der Waals surface area contributed by atoms with Crippen molar-refractivity contribution in [1.82, 2.24) is 0 Å². The zero-order valence-corrected chi connectivity index (χ0v) is 6.67. The Morgan fingerprint density at radius 1 is 1.60 bits per heavy atom. The molecule has 5 heteroatoms. The first-order chi connectivity index (χ1) is 2.39. The lowest BCUT2D eigenvalue weighted by Gasteiger charge is -2.09. The van der Waals surface area contributed by atoms with E-state index in [4.69, 9.17) is 11.8 Å². The van der Waals surface area contributed by atoms with Crippen LogP contribution in [0.4, 0.5) is 0 Å². The number of rotatable bonds is 0. The lowest BCUT2D eigenvalue weighted by atomic mass is 29.4. The molecule has 0 bridgehead atoms. The van der Waals surface area contributed by atoms with Gasteiger partial charge in [0.1, 0.15) is 0 Å². The summed E-state index contributed by atoms with van der Waals surface area (Å²) >= 11 is 8.84. The minimum atomic E-state index is -0.264. The highest BCUT2D eigenvalue weighted by molar-refractivity contribution is 9.34. The normalized spacial score (nSPS) is 41.2. The van der Waals surface area contributed by atoms with Crippen LogP contribution in [0.5, 0.6) is 0 Å². The van der Waals surface area contributed by atoms with E-state index in [1.807, 2.05) is 22.0 Å². The second-order valence-electron chi connectivity index (χ2n) is 0.537. The van der Waals surface area contributed by atoms with E-state index in [-0.39, 0.29) is 5.10 Å². The SMILES string of the molecule is S=[PH]1SPS1. The molecule has 1 fully saturated rings. The number of hydrogen-bond donors (Lipinski definition) is 0.